The number of aryl methyl sites for hydroxylation is 1. The molecule has 1 aliphatic carbocycles. The van der Waals surface area contributed by atoms with Gasteiger partial charge in [-0.1, -0.05) is 13.0 Å². The number of nitrogens with zero attached hydrogens (tertiary/aromatic N) is 6. The predicted molar refractivity (Wildman–Crippen MR) is 136 cm³/mol. The van der Waals surface area contributed by atoms with Gasteiger partial charge in [-0.15, -0.1) is 24.0 Å². The lowest BCUT2D eigenvalue weighted by molar-refractivity contribution is 0.201. The zero-order valence-corrected chi connectivity index (χ0v) is 21.4. The third-order valence-corrected chi connectivity index (χ3v) is 6.49. The van der Waals surface area contributed by atoms with Crippen molar-refractivity contribution >= 4 is 46.6 Å². The first-order valence-electron chi connectivity index (χ1n) is 10.9. The Hall–Kier alpha value is -1.69. The summed E-state index contributed by atoms with van der Waals surface area (Å²) in [4.78, 5) is 18.2. The third kappa shape index (κ3) is 6.41. The van der Waals surface area contributed by atoms with Crippen LogP contribution in [0.5, 0.6) is 5.88 Å². The lowest BCUT2D eigenvalue weighted by Crippen LogP contribution is -2.52. The van der Waals surface area contributed by atoms with Crippen molar-refractivity contribution in [2.45, 2.75) is 51.7 Å². The Bertz CT molecular complexity index is 831. The van der Waals surface area contributed by atoms with Gasteiger partial charge in [-0.25, -0.2) is 9.97 Å². The molecular weight excluding hydrogens is 525 g/mol. The number of piperazine rings is 1. The van der Waals surface area contributed by atoms with Crippen molar-refractivity contribution in [2.24, 2.45) is 4.99 Å². The molecule has 0 amide bonds. The van der Waals surface area contributed by atoms with Gasteiger partial charge in [0.25, 0.3) is 0 Å². The predicted octanol–water partition coefficient (Wildman–Crippen LogP) is 3.33. The minimum absolute atomic E-state index is 0. The van der Waals surface area contributed by atoms with E-state index in [1.165, 1.54) is 24.4 Å². The molecule has 0 aromatic carbocycles. The molecule has 2 aromatic rings. The summed E-state index contributed by atoms with van der Waals surface area (Å²) in [5.41, 5.74) is 1.12. The van der Waals surface area contributed by atoms with Crippen LogP contribution in [0.15, 0.2) is 23.3 Å². The van der Waals surface area contributed by atoms with Gasteiger partial charge in [-0.05, 0) is 31.2 Å². The molecule has 10 heteroatoms. The van der Waals surface area contributed by atoms with E-state index in [0.29, 0.717) is 12.6 Å². The number of pyridine rings is 1. The summed E-state index contributed by atoms with van der Waals surface area (Å²) in [6, 6.07) is 4.06. The highest BCUT2D eigenvalue weighted by molar-refractivity contribution is 14.0. The molecule has 0 atom stereocenters. The maximum absolute atomic E-state index is 5.95. The molecule has 1 N–H and O–H groups in total. The molecular formula is C21H32IN7OS. The normalized spacial score (nSPS) is 17.5. The van der Waals surface area contributed by atoms with Gasteiger partial charge in [0.05, 0.1) is 0 Å². The van der Waals surface area contributed by atoms with Gasteiger partial charge in [0.2, 0.25) is 11.0 Å². The van der Waals surface area contributed by atoms with Crippen LogP contribution in [0.1, 0.15) is 44.0 Å². The molecule has 31 heavy (non-hydrogen) atoms. The van der Waals surface area contributed by atoms with Crippen molar-refractivity contribution in [3.63, 3.8) is 0 Å². The molecule has 1 aliphatic heterocycles. The van der Waals surface area contributed by atoms with Crippen molar-refractivity contribution in [1.29, 1.82) is 0 Å². The van der Waals surface area contributed by atoms with Crippen LogP contribution in [0.2, 0.25) is 0 Å². The minimum Gasteiger partial charge on any atom is -0.474 e. The second-order valence-corrected chi connectivity index (χ2v) is 8.48. The Morgan fingerprint density at radius 1 is 1.23 bits per heavy atom. The van der Waals surface area contributed by atoms with Crippen LogP contribution in [0, 0.1) is 0 Å². The number of aromatic nitrogens is 3. The lowest BCUT2D eigenvalue weighted by atomic mass is 10.3. The van der Waals surface area contributed by atoms with Crippen LogP contribution >= 0.6 is 35.5 Å². The van der Waals surface area contributed by atoms with Crippen LogP contribution in [0.3, 0.4) is 0 Å². The summed E-state index contributed by atoms with van der Waals surface area (Å²) in [5, 5.41) is 4.50. The topological polar surface area (TPSA) is 78.8 Å². The van der Waals surface area contributed by atoms with Crippen molar-refractivity contribution < 1.29 is 4.74 Å². The molecule has 2 aliphatic rings. The van der Waals surface area contributed by atoms with Crippen LogP contribution in [0.25, 0.3) is 0 Å². The average molecular weight is 558 g/mol. The smallest absolute Gasteiger partial charge is 0.213 e. The Labute approximate surface area is 205 Å². The number of guanidine groups is 1. The van der Waals surface area contributed by atoms with Gasteiger partial charge >= 0.3 is 0 Å². The largest absolute Gasteiger partial charge is 0.474 e. The molecule has 2 fully saturated rings. The summed E-state index contributed by atoms with van der Waals surface area (Å²) >= 11 is 1.50. The summed E-state index contributed by atoms with van der Waals surface area (Å²) in [7, 11) is 1.84. The fourth-order valence-electron chi connectivity index (χ4n) is 3.90. The third-order valence-electron chi connectivity index (χ3n) is 5.67. The molecule has 0 unspecified atom stereocenters. The van der Waals surface area contributed by atoms with E-state index >= 15 is 0 Å². The van der Waals surface area contributed by atoms with Gasteiger partial charge in [0.1, 0.15) is 11.9 Å². The second kappa shape index (κ2) is 11.8. The number of halogens is 1. The van der Waals surface area contributed by atoms with E-state index in [1.54, 1.807) is 0 Å². The standard InChI is InChI=1S/C21H31N7OS.HI/c1-3-18-25-21(30-26-18)28-12-10-27(11-13-28)20(22-2)24-15-16-8-9-19(23-14-16)29-17-6-4-5-7-17;/h8-9,14,17H,3-7,10-13,15H2,1-2H3,(H,22,24);1H. The first-order chi connectivity index (χ1) is 14.7. The summed E-state index contributed by atoms with van der Waals surface area (Å²) < 4.78 is 10.4. The Morgan fingerprint density at radius 3 is 2.61 bits per heavy atom. The molecule has 170 valence electrons. The zero-order chi connectivity index (χ0) is 20.8. The van der Waals surface area contributed by atoms with Gasteiger partial charge in [-0.3, -0.25) is 4.99 Å². The fraction of sp³-hybridized carbons (Fsp3) is 0.619. The van der Waals surface area contributed by atoms with Crippen molar-refractivity contribution in [3.05, 3.63) is 29.7 Å². The maximum Gasteiger partial charge on any atom is 0.213 e. The van der Waals surface area contributed by atoms with Crippen LogP contribution in [-0.4, -0.2) is 64.5 Å². The monoisotopic (exact) mass is 557 g/mol. The summed E-state index contributed by atoms with van der Waals surface area (Å²) in [5.74, 6) is 2.59. The minimum atomic E-state index is 0. The van der Waals surface area contributed by atoms with Gasteiger partial charge in [0.15, 0.2) is 5.96 Å². The Morgan fingerprint density at radius 2 is 2.00 bits per heavy atom. The highest BCUT2D eigenvalue weighted by atomic mass is 127. The number of anilines is 1. The first-order valence-corrected chi connectivity index (χ1v) is 11.7. The number of rotatable bonds is 6. The van der Waals surface area contributed by atoms with Crippen molar-refractivity contribution in [3.8, 4) is 5.88 Å². The van der Waals surface area contributed by atoms with E-state index in [4.69, 9.17) is 4.74 Å². The average Bonchev–Trinajstić information content (AvgIpc) is 3.48. The fourth-order valence-corrected chi connectivity index (χ4v) is 4.70. The van der Waals surface area contributed by atoms with E-state index in [0.717, 1.165) is 73.8 Å². The number of hydrogen-bond donors (Lipinski definition) is 1. The molecule has 0 spiro atoms. The molecule has 4 rings (SSSR count). The van der Waals surface area contributed by atoms with Gasteiger partial charge < -0.3 is 19.9 Å². The van der Waals surface area contributed by atoms with Crippen LogP contribution < -0.4 is 15.0 Å². The lowest BCUT2D eigenvalue weighted by Gasteiger charge is -2.36. The van der Waals surface area contributed by atoms with Crippen LogP contribution in [-0.2, 0) is 13.0 Å². The van der Waals surface area contributed by atoms with E-state index in [9.17, 15) is 0 Å². The number of ether oxygens (including phenoxy) is 1. The summed E-state index contributed by atoms with van der Waals surface area (Å²) in [6.45, 7) is 6.45. The second-order valence-electron chi connectivity index (χ2n) is 7.75. The molecule has 0 radical (unpaired) electrons. The molecule has 8 nitrogen and oxygen atoms in total. The van der Waals surface area contributed by atoms with Crippen LogP contribution in [0.4, 0.5) is 5.13 Å². The molecule has 1 saturated carbocycles. The van der Waals surface area contributed by atoms with Crippen molar-refractivity contribution in [1.82, 2.24) is 24.6 Å². The highest BCUT2D eigenvalue weighted by Crippen LogP contribution is 2.23. The maximum atomic E-state index is 5.95. The van der Waals surface area contributed by atoms with Gasteiger partial charge in [0, 0.05) is 70.0 Å². The highest BCUT2D eigenvalue weighted by Gasteiger charge is 2.22. The van der Waals surface area contributed by atoms with Crippen molar-refractivity contribution in [2.75, 3.05) is 38.1 Å². The Balaban J connectivity index is 0.00000272. The SMILES string of the molecule is CCc1nsc(N2CCN(C(=NC)NCc3ccc(OC4CCCC4)nc3)CC2)n1.I. The van der Waals surface area contributed by atoms with E-state index in [-0.39, 0.29) is 24.0 Å². The van der Waals surface area contributed by atoms with E-state index < -0.39 is 0 Å². The number of hydrogen-bond acceptors (Lipinski definition) is 7. The molecule has 2 aromatic heterocycles. The molecule has 1 saturated heterocycles. The molecule has 0 bridgehead atoms. The zero-order valence-electron chi connectivity index (χ0n) is 18.3. The summed E-state index contributed by atoms with van der Waals surface area (Å²) in [6.07, 6.45) is 7.94. The first kappa shape index (κ1) is 24.0. The quantitative estimate of drug-likeness (QED) is 0.332. The van der Waals surface area contributed by atoms with E-state index in [1.807, 2.05) is 19.3 Å². The van der Waals surface area contributed by atoms with E-state index in [2.05, 4.69) is 47.4 Å². The molecule has 3 heterocycles. The Kier molecular flexibility index (Phi) is 9.12. The van der Waals surface area contributed by atoms with Gasteiger partial charge in [-0.2, -0.15) is 4.37 Å². The number of nitrogens with one attached hydrogen (secondary N) is 1. The number of aliphatic imine (C=N–C) groups is 1.